The molecule has 1 aliphatic rings. The Labute approximate surface area is 279 Å². The van der Waals surface area contributed by atoms with E-state index < -0.39 is 57.7 Å². The Bertz CT molecular complexity index is 1830. The fraction of sp³-hybridized carbons (Fsp3) is 0.357. The van der Waals surface area contributed by atoms with Crippen molar-refractivity contribution in [3.05, 3.63) is 53.7 Å². The lowest BCUT2D eigenvalue weighted by Gasteiger charge is -2.51. The summed E-state index contributed by atoms with van der Waals surface area (Å²) in [5.41, 5.74) is 8.83. The third kappa shape index (κ3) is 8.15. The van der Waals surface area contributed by atoms with Gasteiger partial charge in [-0.25, -0.2) is 22.8 Å². The summed E-state index contributed by atoms with van der Waals surface area (Å²) in [6, 6.07) is 9.40. The predicted molar refractivity (Wildman–Crippen MR) is 170 cm³/mol. The molecule has 2 aromatic heterocycles. The van der Waals surface area contributed by atoms with Crippen LogP contribution in [0.2, 0.25) is 0 Å². The normalized spacial score (nSPS) is 17.2. The van der Waals surface area contributed by atoms with Gasteiger partial charge in [0.05, 0.1) is 25.3 Å². The van der Waals surface area contributed by atoms with Crippen LogP contribution in [0.5, 0.6) is 5.75 Å². The molecule has 1 saturated heterocycles. The molecule has 258 valence electrons. The molecule has 2 amide bonds. The summed E-state index contributed by atoms with van der Waals surface area (Å²) >= 11 is 0.951. The van der Waals surface area contributed by atoms with Crippen LogP contribution in [0.4, 0.5) is 10.9 Å². The number of ether oxygens (including phenoxy) is 1. The molecule has 2 atom stereocenters. The maximum atomic E-state index is 13.3. The lowest BCUT2D eigenvalue weighted by atomic mass is 9.84. The zero-order valence-corrected chi connectivity index (χ0v) is 27.8. The second-order valence-electron chi connectivity index (χ2n) is 11.3. The topological polar surface area (TPSA) is 265 Å². The Balaban J connectivity index is 1.48. The molecular formula is C28H34N8O10S2. The molecule has 0 spiro atoms. The van der Waals surface area contributed by atoms with Crippen LogP contribution < -0.4 is 31.4 Å². The molecule has 1 unspecified atom stereocenters. The molecule has 1 fully saturated rings. The number of nitrogen functional groups attached to an aromatic ring is 1. The molecule has 3 heterocycles. The SMILES string of the molecule is C[n+]1cc(-c2ccc(OCC(C)(O/N=C(\C(=O)N[C@@H]3C(=O)N(OS(=O)(=O)[O-])C3(C)C)c3csc(N)n3)C(=O)O)cc2)ccc1NCCN. The largest absolute Gasteiger partial charge is 0.724 e. The van der Waals surface area contributed by atoms with Crippen molar-refractivity contribution in [1.82, 2.24) is 15.4 Å². The monoisotopic (exact) mass is 706 g/mol. The van der Waals surface area contributed by atoms with Crippen molar-refractivity contribution in [3.63, 3.8) is 0 Å². The molecule has 1 aromatic carbocycles. The Morgan fingerprint density at radius 3 is 2.44 bits per heavy atom. The van der Waals surface area contributed by atoms with E-state index in [1.807, 2.05) is 29.9 Å². The third-order valence-corrected chi connectivity index (χ3v) is 8.18. The Hall–Kier alpha value is -4.89. The smallest absolute Gasteiger partial charge is 0.354 e. The standard InChI is InChI=1S/C28H34N8O10S2/c1-27(2)22(24(38)36(27)46-48(41,42)43)33-23(37)21(19-14-47-26(30)32-19)34-45-28(3,25(39)40)15-44-18-8-5-16(6-9-18)17-7-10-20(31-12-11-29)35(4)13-17/h5-10,13-14,22H,11-12,15,29H2,1-4H3,(H5,30,32,33,37,39,40,41,42,43)/b34-21-/t22-,28?/m1/s1. The predicted octanol–water partition coefficient (Wildman–Crippen LogP) is -0.272. The summed E-state index contributed by atoms with van der Waals surface area (Å²) in [7, 11) is -3.38. The average molecular weight is 707 g/mol. The van der Waals surface area contributed by atoms with Crippen LogP contribution in [0.15, 0.2) is 53.1 Å². The van der Waals surface area contributed by atoms with Crippen molar-refractivity contribution in [2.45, 2.75) is 38.0 Å². The molecule has 18 nitrogen and oxygen atoms in total. The van der Waals surface area contributed by atoms with Crippen molar-refractivity contribution in [3.8, 4) is 16.9 Å². The number of oxime groups is 1. The average Bonchev–Trinajstić information content (AvgIpc) is 3.46. The number of hydrogen-bond acceptors (Lipinski definition) is 15. The van der Waals surface area contributed by atoms with Crippen molar-refractivity contribution >= 4 is 56.2 Å². The minimum absolute atomic E-state index is 0.0477. The van der Waals surface area contributed by atoms with Gasteiger partial charge in [-0.1, -0.05) is 17.3 Å². The maximum Gasteiger partial charge on any atom is 0.354 e. The number of nitrogens with one attached hydrogen (secondary N) is 2. The zero-order chi connectivity index (χ0) is 35.4. The van der Waals surface area contributed by atoms with Crippen LogP contribution in [0.1, 0.15) is 26.5 Å². The van der Waals surface area contributed by atoms with Crippen LogP contribution in [0.3, 0.4) is 0 Å². The van der Waals surface area contributed by atoms with Gasteiger partial charge in [0.15, 0.2) is 10.8 Å². The molecule has 0 aliphatic carbocycles. The number of pyridine rings is 1. The second-order valence-corrected chi connectivity index (χ2v) is 13.1. The van der Waals surface area contributed by atoms with E-state index in [2.05, 4.69) is 25.1 Å². The molecule has 0 saturated carbocycles. The van der Waals surface area contributed by atoms with Crippen molar-refractivity contribution in [2.75, 3.05) is 30.7 Å². The molecule has 20 heteroatoms. The van der Waals surface area contributed by atoms with E-state index in [9.17, 15) is 32.5 Å². The van der Waals surface area contributed by atoms with E-state index in [1.54, 1.807) is 24.3 Å². The number of hydroxylamine groups is 2. The fourth-order valence-corrected chi connectivity index (χ4v) is 5.41. The van der Waals surface area contributed by atoms with Gasteiger partial charge in [-0.05, 0) is 44.5 Å². The number of aliphatic carboxylic acids is 1. The summed E-state index contributed by atoms with van der Waals surface area (Å²) in [5, 5.41) is 21.1. The summed E-state index contributed by atoms with van der Waals surface area (Å²) in [4.78, 5) is 47.5. The quantitative estimate of drug-likeness (QED) is 0.0340. The van der Waals surface area contributed by atoms with Gasteiger partial charge < -0.3 is 36.0 Å². The van der Waals surface area contributed by atoms with Crippen molar-refractivity contribution in [2.24, 2.45) is 17.9 Å². The van der Waals surface area contributed by atoms with Gasteiger partial charge >= 0.3 is 5.97 Å². The molecule has 0 radical (unpaired) electrons. The van der Waals surface area contributed by atoms with Gasteiger partial charge in [0.2, 0.25) is 10.4 Å². The van der Waals surface area contributed by atoms with Crippen LogP contribution in [0, 0.1) is 0 Å². The molecular weight excluding hydrogens is 672 g/mol. The summed E-state index contributed by atoms with van der Waals surface area (Å²) in [6.45, 7) is 4.43. The number of thiazole rings is 1. The maximum absolute atomic E-state index is 13.3. The van der Waals surface area contributed by atoms with E-state index in [4.69, 9.17) is 21.0 Å². The van der Waals surface area contributed by atoms with Gasteiger partial charge in [-0.2, -0.15) is 9.35 Å². The van der Waals surface area contributed by atoms with Gasteiger partial charge in [0, 0.05) is 23.6 Å². The Morgan fingerprint density at radius 1 is 1.23 bits per heavy atom. The minimum Gasteiger partial charge on any atom is -0.724 e. The number of rotatable bonds is 15. The van der Waals surface area contributed by atoms with Gasteiger partial charge in [0.1, 0.15) is 24.1 Å². The molecule has 0 bridgehead atoms. The number of hydrogen-bond donors (Lipinski definition) is 5. The van der Waals surface area contributed by atoms with Crippen molar-refractivity contribution in [1.29, 1.82) is 0 Å². The number of β-lactam (4-membered cyclic amide) rings is 1. The highest BCUT2D eigenvalue weighted by Crippen LogP contribution is 2.33. The number of carbonyl (C=O) groups is 3. The number of nitrogens with two attached hydrogens (primary N) is 2. The number of nitrogens with zero attached hydrogens (tertiary/aromatic N) is 4. The first-order valence-corrected chi connectivity index (χ1v) is 16.3. The highest BCUT2D eigenvalue weighted by atomic mass is 32.3. The summed E-state index contributed by atoms with van der Waals surface area (Å²) in [5.74, 6) is -2.33. The lowest BCUT2D eigenvalue weighted by molar-refractivity contribution is -0.656. The van der Waals surface area contributed by atoms with Gasteiger partial charge in [0.25, 0.3) is 23.2 Å². The highest BCUT2D eigenvalue weighted by molar-refractivity contribution is 7.80. The van der Waals surface area contributed by atoms with Gasteiger partial charge in [-0.3, -0.25) is 14.9 Å². The first-order chi connectivity index (χ1) is 22.4. The first kappa shape index (κ1) is 36.0. The van der Waals surface area contributed by atoms with Crippen LogP contribution in [-0.2, 0) is 41.0 Å². The van der Waals surface area contributed by atoms with E-state index >= 15 is 0 Å². The van der Waals surface area contributed by atoms with Gasteiger partial charge in [-0.15, -0.1) is 11.3 Å². The third-order valence-electron chi connectivity index (χ3n) is 7.17. The number of carboxylic acid groups (broad SMARTS) is 1. The molecule has 3 aromatic rings. The van der Waals surface area contributed by atoms with Crippen molar-refractivity contribution < 1.29 is 50.9 Å². The number of aromatic nitrogens is 2. The van der Waals surface area contributed by atoms with Crippen LogP contribution in [-0.4, -0.2) is 88.5 Å². The Kier molecular flexibility index (Phi) is 10.5. The van der Waals surface area contributed by atoms with E-state index in [0.29, 0.717) is 23.9 Å². The minimum atomic E-state index is -5.27. The number of amides is 2. The zero-order valence-electron chi connectivity index (χ0n) is 26.2. The second kappa shape index (κ2) is 14.1. The number of benzene rings is 1. The van der Waals surface area contributed by atoms with Crippen LogP contribution in [0.25, 0.3) is 11.1 Å². The fourth-order valence-electron chi connectivity index (χ4n) is 4.42. The van der Waals surface area contributed by atoms with Crippen LogP contribution >= 0.6 is 11.3 Å². The summed E-state index contributed by atoms with van der Waals surface area (Å²) in [6.07, 6.45) is 1.94. The molecule has 7 N–H and O–H groups in total. The highest BCUT2D eigenvalue weighted by Gasteiger charge is 2.57. The first-order valence-electron chi connectivity index (χ1n) is 14.1. The number of anilines is 2. The molecule has 48 heavy (non-hydrogen) atoms. The molecule has 4 rings (SSSR count). The molecule has 1 aliphatic heterocycles. The lowest BCUT2D eigenvalue weighted by Crippen LogP contribution is -2.76. The van der Waals surface area contributed by atoms with E-state index in [0.717, 1.165) is 28.3 Å². The summed E-state index contributed by atoms with van der Waals surface area (Å²) < 4.78 is 44.9. The van der Waals surface area contributed by atoms with E-state index in [1.165, 1.54) is 26.2 Å². The number of aryl methyl sites for hydroxylation is 1. The number of carbonyl (C=O) groups excluding carboxylic acids is 2. The Morgan fingerprint density at radius 2 is 1.90 bits per heavy atom. The number of carboxylic acids is 1. The van der Waals surface area contributed by atoms with E-state index in [-0.39, 0.29) is 10.8 Å².